The Morgan fingerprint density at radius 1 is 1.24 bits per heavy atom. The first-order valence-corrected chi connectivity index (χ1v) is 10.2. The van der Waals surface area contributed by atoms with Crippen molar-refractivity contribution < 1.29 is 4.79 Å². The molecule has 0 bridgehead atoms. The summed E-state index contributed by atoms with van der Waals surface area (Å²) in [6.45, 7) is 4.90. The summed E-state index contributed by atoms with van der Waals surface area (Å²) < 4.78 is 0. The number of rotatable bonds is 3. The minimum Gasteiger partial charge on any atom is -0.336 e. The highest BCUT2D eigenvalue weighted by Crippen LogP contribution is 2.56. The molecule has 0 unspecified atom stereocenters. The van der Waals surface area contributed by atoms with Gasteiger partial charge in [-0.25, -0.2) is 0 Å². The SMILES string of the molecule is Cc1ccccc1CN1C[C@@H]2C[C@@H](c3cccs3)N3CCC[C@@]23C1=O. The summed E-state index contributed by atoms with van der Waals surface area (Å²) in [5, 5.41) is 2.17. The quantitative estimate of drug-likeness (QED) is 0.834. The summed E-state index contributed by atoms with van der Waals surface area (Å²) in [4.78, 5) is 19.6. The smallest absolute Gasteiger partial charge is 0.243 e. The van der Waals surface area contributed by atoms with E-state index in [0.29, 0.717) is 17.9 Å². The van der Waals surface area contributed by atoms with Crippen molar-refractivity contribution in [2.24, 2.45) is 5.92 Å². The average molecular weight is 353 g/mol. The number of carbonyl (C=O) groups is 1. The van der Waals surface area contributed by atoms with Gasteiger partial charge in [0.25, 0.3) is 0 Å². The molecule has 1 spiro atoms. The van der Waals surface area contributed by atoms with E-state index in [0.717, 1.165) is 38.9 Å². The lowest BCUT2D eigenvalue weighted by molar-refractivity contribution is -0.137. The minimum atomic E-state index is -0.211. The van der Waals surface area contributed by atoms with Gasteiger partial charge in [0.05, 0.1) is 0 Å². The van der Waals surface area contributed by atoms with Gasteiger partial charge < -0.3 is 4.90 Å². The fraction of sp³-hybridized carbons (Fsp3) is 0.476. The number of hydrogen-bond donors (Lipinski definition) is 0. The molecule has 1 aromatic heterocycles. The van der Waals surface area contributed by atoms with Crippen molar-refractivity contribution in [2.75, 3.05) is 13.1 Å². The van der Waals surface area contributed by atoms with E-state index in [1.165, 1.54) is 16.0 Å². The first kappa shape index (κ1) is 15.6. The van der Waals surface area contributed by atoms with E-state index in [2.05, 4.69) is 58.5 Å². The lowest BCUT2D eigenvalue weighted by Gasteiger charge is -2.33. The van der Waals surface area contributed by atoms with E-state index in [1.54, 1.807) is 0 Å². The van der Waals surface area contributed by atoms with Gasteiger partial charge in [-0.2, -0.15) is 0 Å². The van der Waals surface area contributed by atoms with Gasteiger partial charge in [-0.3, -0.25) is 9.69 Å². The molecular formula is C21H24N2OS. The van der Waals surface area contributed by atoms with Gasteiger partial charge in [0.2, 0.25) is 5.91 Å². The van der Waals surface area contributed by atoms with Crippen LogP contribution in [0.5, 0.6) is 0 Å². The van der Waals surface area contributed by atoms with E-state index in [-0.39, 0.29) is 5.54 Å². The molecule has 0 saturated carbocycles. The van der Waals surface area contributed by atoms with Crippen LogP contribution in [-0.4, -0.2) is 34.3 Å². The highest BCUT2D eigenvalue weighted by Gasteiger charge is 2.65. The molecule has 0 aliphatic carbocycles. The zero-order valence-electron chi connectivity index (χ0n) is 14.6. The Hall–Kier alpha value is -1.65. The number of aryl methyl sites for hydroxylation is 1. The second-order valence-electron chi connectivity index (χ2n) is 7.80. The highest BCUT2D eigenvalue weighted by molar-refractivity contribution is 7.10. The molecule has 1 amide bonds. The number of carbonyl (C=O) groups excluding carboxylic acids is 1. The molecule has 4 heterocycles. The summed E-state index contributed by atoms with van der Waals surface area (Å²) in [6.07, 6.45) is 3.33. The molecule has 25 heavy (non-hydrogen) atoms. The lowest BCUT2D eigenvalue weighted by atomic mass is 9.85. The molecule has 3 aliphatic heterocycles. The maximum Gasteiger partial charge on any atom is 0.243 e. The Morgan fingerprint density at radius 2 is 2.12 bits per heavy atom. The Morgan fingerprint density at radius 3 is 2.92 bits per heavy atom. The Kier molecular flexibility index (Phi) is 3.54. The normalized spacial score (nSPS) is 31.6. The van der Waals surface area contributed by atoms with Crippen LogP contribution in [0.1, 0.15) is 41.3 Å². The molecule has 130 valence electrons. The predicted octanol–water partition coefficient (Wildman–Crippen LogP) is 3.99. The third-order valence-corrected chi connectivity index (χ3v) is 7.59. The van der Waals surface area contributed by atoms with Gasteiger partial charge >= 0.3 is 0 Å². The fourth-order valence-electron chi connectivity index (χ4n) is 5.46. The lowest BCUT2D eigenvalue weighted by Crippen LogP contribution is -2.49. The van der Waals surface area contributed by atoms with Gasteiger partial charge in [0.1, 0.15) is 5.54 Å². The molecule has 3 aliphatic rings. The second-order valence-corrected chi connectivity index (χ2v) is 8.78. The second kappa shape index (κ2) is 5.68. The molecule has 0 N–H and O–H groups in total. The summed E-state index contributed by atoms with van der Waals surface area (Å²) in [7, 11) is 0. The first-order chi connectivity index (χ1) is 12.2. The maximum atomic E-state index is 13.5. The van der Waals surface area contributed by atoms with Crippen molar-refractivity contribution in [1.82, 2.24) is 9.80 Å². The average Bonchev–Trinajstić information content (AvgIpc) is 3.35. The summed E-state index contributed by atoms with van der Waals surface area (Å²) in [5.74, 6) is 0.871. The van der Waals surface area contributed by atoms with Crippen molar-refractivity contribution in [3.05, 3.63) is 57.8 Å². The maximum absolute atomic E-state index is 13.5. The molecule has 2 aromatic rings. The third-order valence-electron chi connectivity index (χ3n) is 6.62. The molecule has 5 rings (SSSR count). The van der Waals surface area contributed by atoms with Crippen molar-refractivity contribution in [2.45, 2.75) is 44.3 Å². The standard InChI is InChI=1S/C21H24N2OS/c1-15-6-2-3-7-16(15)13-22-14-17-12-18(19-8-4-11-25-19)23-10-5-9-21(17,23)20(22)24/h2-4,6-8,11,17-18H,5,9-10,12-14H2,1H3/t17-,18-,21-/m0/s1. The van der Waals surface area contributed by atoms with Crippen molar-refractivity contribution in [3.63, 3.8) is 0 Å². The predicted molar refractivity (Wildman–Crippen MR) is 100 cm³/mol. The largest absolute Gasteiger partial charge is 0.336 e. The van der Waals surface area contributed by atoms with Gasteiger partial charge in [0, 0.05) is 29.9 Å². The highest BCUT2D eigenvalue weighted by atomic mass is 32.1. The number of thiophene rings is 1. The van der Waals surface area contributed by atoms with Crippen LogP contribution in [-0.2, 0) is 11.3 Å². The third kappa shape index (κ3) is 2.17. The Bertz CT molecular complexity index is 802. The van der Waals surface area contributed by atoms with Crippen molar-refractivity contribution in [3.8, 4) is 0 Å². The van der Waals surface area contributed by atoms with Crippen molar-refractivity contribution in [1.29, 1.82) is 0 Å². The van der Waals surface area contributed by atoms with Crippen LogP contribution in [0.3, 0.4) is 0 Å². The zero-order valence-corrected chi connectivity index (χ0v) is 15.5. The Balaban J connectivity index is 1.44. The number of benzene rings is 1. The molecule has 0 radical (unpaired) electrons. The minimum absolute atomic E-state index is 0.211. The molecule has 3 atom stereocenters. The Labute approximate surface area is 153 Å². The molecule has 3 saturated heterocycles. The van der Waals surface area contributed by atoms with Crippen LogP contribution >= 0.6 is 11.3 Å². The molecule has 3 nitrogen and oxygen atoms in total. The molecule has 1 aromatic carbocycles. The van der Waals surface area contributed by atoms with E-state index >= 15 is 0 Å². The number of hydrogen-bond acceptors (Lipinski definition) is 3. The van der Waals surface area contributed by atoms with Crippen molar-refractivity contribution >= 4 is 17.2 Å². The fourth-order valence-corrected chi connectivity index (χ4v) is 6.31. The van der Waals surface area contributed by atoms with E-state index in [9.17, 15) is 4.79 Å². The summed E-state index contributed by atoms with van der Waals surface area (Å²) in [6, 6.07) is 13.3. The van der Waals surface area contributed by atoms with Gasteiger partial charge in [0.15, 0.2) is 0 Å². The molecule has 4 heteroatoms. The van der Waals surface area contributed by atoms with Crippen LogP contribution in [0.2, 0.25) is 0 Å². The van der Waals surface area contributed by atoms with E-state index in [4.69, 9.17) is 0 Å². The molecular weight excluding hydrogens is 328 g/mol. The van der Waals surface area contributed by atoms with Gasteiger partial charge in [-0.1, -0.05) is 30.3 Å². The van der Waals surface area contributed by atoms with Gasteiger partial charge in [-0.15, -0.1) is 11.3 Å². The van der Waals surface area contributed by atoms with Crippen LogP contribution in [0, 0.1) is 12.8 Å². The topological polar surface area (TPSA) is 23.6 Å². The number of amides is 1. The van der Waals surface area contributed by atoms with Crippen LogP contribution in [0.15, 0.2) is 41.8 Å². The summed E-state index contributed by atoms with van der Waals surface area (Å²) >= 11 is 1.84. The number of nitrogens with zero attached hydrogens (tertiary/aromatic N) is 2. The van der Waals surface area contributed by atoms with Crippen LogP contribution < -0.4 is 0 Å². The van der Waals surface area contributed by atoms with E-state index < -0.39 is 0 Å². The summed E-state index contributed by atoms with van der Waals surface area (Å²) in [5.41, 5.74) is 2.35. The zero-order chi connectivity index (χ0) is 17.0. The van der Waals surface area contributed by atoms with Crippen LogP contribution in [0.25, 0.3) is 0 Å². The first-order valence-electron chi connectivity index (χ1n) is 9.34. The van der Waals surface area contributed by atoms with Crippen LogP contribution in [0.4, 0.5) is 0 Å². The monoisotopic (exact) mass is 352 g/mol. The molecule has 3 fully saturated rings. The van der Waals surface area contributed by atoms with E-state index in [1.807, 2.05) is 11.3 Å². The van der Waals surface area contributed by atoms with Gasteiger partial charge in [-0.05, 0) is 55.3 Å². The number of likely N-dealkylation sites (tertiary alicyclic amines) is 1.